The molecule has 1 fully saturated rings. The third-order valence-electron chi connectivity index (χ3n) is 3.89. The van der Waals surface area contributed by atoms with E-state index >= 15 is 0 Å². The second-order valence-electron chi connectivity index (χ2n) is 5.50. The summed E-state index contributed by atoms with van der Waals surface area (Å²) < 4.78 is 13.1. The third kappa shape index (κ3) is 4.66. The van der Waals surface area contributed by atoms with Gasteiger partial charge in [0.05, 0.1) is 11.6 Å². The number of nitrogens with two attached hydrogens (primary N) is 1. The number of carbonyl (C=O) groups excluding carboxylic acids is 1. The van der Waals surface area contributed by atoms with Crippen LogP contribution in [0.15, 0.2) is 24.3 Å². The maximum Gasteiger partial charge on any atom is 0.240 e. The summed E-state index contributed by atoms with van der Waals surface area (Å²) in [6, 6.07) is 5.72. The number of benzene rings is 1. The van der Waals surface area contributed by atoms with Crippen molar-refractivity contribution in [1.29, 1.82) is 0 Å². The van der Waals surface area contributed by atoms with E-state index in [2.05, 4.69) is 5.32 Å². The normalized spacial score (nSPS) is 18.4. The summed E-state index contributed by atoms with van der Waals surface area (Å²) in [7, 11) is 0. The second kappa shape index (κ2) is 7.73. The average Bonchev–Trinajstić information content (AvgIpc) is 2.45. The number of hydrogen-bond donors (Lipinski definition) is 3. The van der Waals surface area contributed by atoms with Crippen LogP contribution in [0.4, 0.5) is 4.39 Å². The van der Waals surface area contributed by atoms with Gasteiger partial charge < -0.3 is 16.2 Å². The van der Waals surface area contributed by atoms with Crippen molar-refractivity contribution >= 4 is 18.3 Å². The lowest BCUT2D eigenvalue weighted by atomic mass is 9.82. The molecule has 1 aliphatic carbocycles. The van der Waals surface area contributed by atoms with E-state index in [9.17, 15) is 14.3 Å². The predicted molar refractivity (Wildman–Crippen MR) is 81.6 cm³/mol. The van der Waals surface area contributed by atoms with Gasteiger partial charge in [-0.25, -0.2) is 4.39 Å². The summed E-state index contributed by atoms with van der Waals surface area (Å²) >= 11 is 0. The maximum atomic E-state index is 13.1. The number of rotatable bonds is 4. The summed E-state index contributed by atoms with van der Waals surface area (Å²) in [5, 5.41) is 12.6. The Morgan fingerprint density at radius 3 is 2.67 bits per heavy atom. The fourth-order valence-corrected chi connectivity index (χ4v) is 2.61. The van der Waals surface area contributed by atoms with Crippen molar-refractivity contribution in [2.75, 3.05) is 6.54 Å². The van der Waals surface area contributed by atoms with Crippen LogP contribution in [-0.4, -0.2) is 23.1 Å². The molecule has 4 nitrogen and oxygen atoms in total. The monoisotopic (exact) mass is 316 g/mol. The van der Waals surface area contributed by atoms with Gasteiger partial charge in [-0.1, -0.05) is 31.4 Å². The maximum absolute atomic E-state index is 13.1. The molecule has 2 rings (SSSR count). The molecule has 0 aliphatic heterocycles. The van der Waals surface area contributed by atoms with Crippen LogP contribution in [0.3, 0.4) is 0 Å². The molecule has 118 valence electrons. The summed E-state index contributed by atoms with van der Waals surface area (Å²) in [4.78, 5) is 12.1. The fourth-order valence-electron chi connectivity index (χ4n) is 2.61. The molecular formula is C15H22ClFN2O2. The van der Waals surface area contributed by atoms with Gasteiger partial charge in [-0.15, -0.1) is 12.4 Å². The molecule has 1 atom stereocenters. The van der Waals surface area contributed by atoms with Crippen LogP contribution in [0.1, 0.15) is 43.8 Å². The van der Waals surface area contributed by atoms with Crippen LogP contribution in [0.5, 0.6) is 0 Å². The van der Waals surface area contributed by atoms with Gasteiger partial charge in [0, 0.05) is 6.54 Å². The van der Waals surface area contributed by atoms with E-state index in [0.29, 0.717) is 18.4 Å². The topological polar surface area (TPSA) is 75.4 Å². The number of carbonyl (C=O) groups is 1. The molecule has 0 saturated heterocycles. The van der Waals surface area contributed by atoms with Crippen molar-refractivity contribution in [2.24, 2.45) is 5.73 Å². The zero-order valence-electron chi connectivity index (χ0n) is 11.8. The lowest BCUT2D eigenvalue weighted by Gasteiger charge is -2.32. The van der Waals surface area contributed by atoms with Crippen molar-refractivity contribution in [1.82, 2.24) is 5.32 Å². The smallest absolute Gasteiger partial charge is 0.240 e. The Bertz CT molecular complexity index is 478. The highest BCUT2D eigenvalue weighted by atomic mass is 35.5. The van der Waals surface area contributed by atoms with Crippen LogP contribution >= 0.6 is 12.4 Å². The Morgan fingerprint density at radius 2 is 2.05 bits per heavy atom. The highest BCUT2D eigenvalue weighted by Crippen LogP contribution is 2.26. The molecule has 1 aromatic carbocycles. The van der Waals surface area contributed by atoms with Gasteiger partial charge >= 0.3 is 0 Å². The SMILES string of the molecule is Cl.NC1(C(=O)NCC(O)c2cccc(F)c2)CCCCC1. The molecule has 4 N–H and O–H groups in total. The molecule has 1 unspecified atom stereocenters. The quantitative estimate of drug-likeness (QED) is 0.796. The van der Waals surface area contributed by atoms with Gasteiger partial charge in [0.15, 0.2) is 0 Å². The first-order valence-electron chi connectivity index (χ1n) is 7.02. The zero-order valence-corrected chi connectivity index (χ0v) is 12.7. The Labute approximate surface area is 130 Å². The van der Waals surface area contributed by atoms with Gasteiger partial charge in [0.2, 0.25) is 5.91 Å². The average molecular weight is 317 g/mol. The first-order valence-corrected chi connectivity index (χ1v) is 7.02. The second-order valence-corrected chi connectivity index (χ2v) is 5.50. The molecule has 6 heteroatoms. The summed E-state index contributed by atoms with van der Waals surface area (Å²) in [6.07, 6.45) is 3.44. The van der Waals surface area contributed by atoms with E-state index in [1.165, 1.54) is 18.2 Å². The molecule has 1 saturated carbocycles. The number of aliphatic hydroxyl groups is 1. The molecule has 1 aromatic rings. The molecule has 0 spiro atoms. The van der Waals surface area contributed by atoms with E-state index in [1.807, 2.05) is 0 Å². The van der Waals surface area contributed by atoms with Crippen molar-refractivity contribution in [2.45, 2.75) is 43.7 Å². The van der Waals surface area contributed by atoms with E-state index < -0.39 is 17.5 Å². The lowest BCUT2D eigenvalue weighted by Crippen LogP contribution is -2.55. The molecule has 0 radical (unpaired) electrons. The van der Waals surface area contributed by atoms with Crippen molar-refractivity contribution in [3.63, 3.8) is 0 Å². The van der Waals surface area contributed by atoms with Gasteiger partial charge in [0.25, 0.3) is 0 Å². The highest BCUT2D eigenvalue weighted by Gasteiger charge is 2.35. The Morgan fingerprint density at radius 1 is 1.38 bits per heavy atom. The Hall–Kier alpha value is -1.17. The van der Waals surface area contributed by atoms with Crippen LogP contribution < -0.4 is 11.1 Å². The minimum Gasteiger partial charge on any atom is -0.387 e. The highest BCUT2D eigenvalue weighted by molar-refractivity contribution is 5.86. The first kappa shape index (κ1) is 17.9. The van der Waals surface area contributed by atoms with Crippen LogP contribution in [-0.2, 0) is 4.79 Å². The fraction of sp³-hybridized carbons (Fsp3) is 0.533. The van der Waals surface area contributed by atoms with E-state index in [-0.39, 0.29) is 24.9 Å². The van der Waals surface area contributed by atoms with Crippen molar-refractivity contribution in [3.05, 3.63) is 35.6 Å². The standard InChI is InChI=1S/C15H21FN2O2.ClH/c16-12-6-4-5-11(9-12)13(19)10-18-14(20)15(17)7-2-1-3-8-15;/h4-6,9,13,19H,1-3,7-8,10,17H2,(H,18,20);1H. The van der Waals surface area contributed by atoms with Gasteiger partial charge in [-0.05, 0) is 30.5 Å². The largest absolute Gasteiger partial charge is 0.387 e. The van der Waals surface area contributed by atoms with Gasteiger partial charge in [-0.3, -0.25) is 4.79 Å². The van der Waals surface area contributed by atoms with Crippen LogP contribution in [0.25, 0.3) is 0 Å². The molecular weight excluding hydrogens is 295 g/mol. The minimum atomic E-state index is -0.929. The summed E-state index contributed by atoms with van der Waals surface area (Å²) in [5.74, 6) is -0.636. The van der Waals surface area contributed by atoms with Crippen LogP contribution in [0.2, 0.25) is 0 Å². The predicted octanol–water partition coefficient (Wildman–Crippen LogP) is 2.06. The molecule has 1 amide bonds. The number of nitrogens with one attached hydrogen (secondary N) is 1. The van der Waals surface area contributed by atoms with E-state index in [0.717, 1.165) is 19.3 Å². The molecule has 1 aliphatic rings. The van der Waals surface area contributed by atoms with E-state index in [4.69, 9.17) is 5.73 Å². The Balaban J connectivity index is 0.00000220. The van der Waals surface area contributed by atoms with Crippen LogP contribution in [0, 0.1) is 5.82 Å². The number of amides is 1. The summed E-state index contributed by atoms with van der Waals surface area (Å²) in [6.45, 7) is 0.0429. The van der Waals surface area contributed by atoms with Gasteiger partial charge in [-0.2, -0.15) is 0 Å². The van der Waals surface area contributed by atoms with Crippen molar-refractivity contribution in [3.8, 4) is 0 Å². The van der Waals surface area contributed by atoms with E-state index in [1.54, 1.807) is 6.07 Å². The molecule has 0 bridgehead atoms. The zero-order chi connectivity index (χ0) is 14.6. The number of aliphatic hydroxyl groups excluding tert-OH is 1. The van der Waals surface area contributed by atoms with Gasteiger partial charge in [0.1, 0.15) is 5.82 Å². The third-order valence-corrected chi connectivity index (χ3v) is 3.89. The van der Waals surface area contributed by atoms with Crippen molar-refractivity contribution < 1.29 is 14.3 Å². The number of halogens is 2. The summed E-state index contributed by atoms with van der Waals surface area (Å²) in [5.41, 5.74) is 5.72. The number of hydrogen-bond acceptors (Lipinski definition) is 3. The molecule has 0 aromatic heterocycles. The minimum absolute atomic E-state index is 0. The molecule has 21 heavy (non-hydrogen) atoms. The lowest BCUT2D eigenvalue weighted by molar-refractivity contribution is -0.128. The molecule has 0 heterocycles. The first-order chi connectivity index (χ1) is 9.51. The Kier molecular flexibility index (Phi) is 6.58.